The molecular weight excluding hydrogens is 384 g/mol. The predicted octanol–water partition coefficient (Wildman–Crippen LogP) is 2.13. The van der Waals surface area contributed by atoms with E-state index in [9.17, 15) is 9.90 Å². The zero-order valence-corrected chi connectivity index (χ0v) is 17.1. The minimum absolute atomic E-state index is 0.149. The van der Waals surface area contributed by atoms with Gasteiger partial charge in [0.05, 0.1) is 25.4 Å². The highest BCUT2D eigenvalue weighted by Crippen LogP contribution is 2.25. The molecule has 3 heterocycles. The fourth-order valence-electron chi connectivity index (χ4n) is 3.26. The van der Waals surface area contributed by atoms with Crippen LogP contribution in [-0.2, 0) is 4.74 Å². The van der Waals surface area contributed by atoms with E-state index in [-0.39, 0.29) is 12.6 Å². The van der Waals surface area contributed by atoms with Crippen LogP contribution in [0.3, 0.4) is 0 Å². The maximum Gasteiger partial charge on any atom is 0.319 e. The van der Waals surface area contributed by atoms with E-state index in [1.54, 1.807) is 26.0 Å². The molecule has 0 radical (unpaired) electrons. The van der Waals surface area contributed by atoms with E-state index in [2.05, 4.69) is 20.6 Å². The quantitative estimate of drug-likeness (QED) is 0.595. The number of ether oxygens (including phenoxy) is 1. The molecular formula is C21H26N6O3. The van der Waals surface area contributed by atoms with Crippen molar-refractivity contribution in [2.45, 2.75) is 19.4 Å². The number of hydrogen-bond donors (Lipinski definition) is 3. The number of rotatable bonds is 5. The molecule has 1 aromatic carbocycles. The maximum absolute atomic E-state index is 12.1. The maximum atomic E-state index is 12.1. The van der Waals surface area contributed by atoms with Crippen LogP contribution in [0.15, 0.2) is 42.6 Å². The van der Waals surface area contributed by atoms with Crippen molar-refractivity contribution in [2.24, 2.45) is 0 Å². The van der Waals surface area contributed by atoms with E-state index in [1.165, 1.54) is 0 Å². The van der Waals surface area contributed by atoms with Crippen molar-refractivity contribution in [2.75, 3.05) is 43.1 Å². The molecule has 4 rings (SSSR count). The van der Waals surface area contributed by atoms with Gasteiger partial charge >= 0.3 is 6.03 Å². The van der Waals surface area contributed by atoms with Crippen molar-refractivity contribution < 1.29 is 14.6 Å². The molecule has 1 aliphatic heterocycles. The number of carbonyl (C=O) groups is 1. The smallest absolute Gasteiger partial charge is 0.319 e. The number of fused-ring (bicyclic) bond motifs is 1. The van der Waals surface area contributed by atoms with Gasteiger partial charge in [0.1, 0.15) is 5.52 Å². The number of nitrogens with one attached hydrogen (secondary N) is 2. The lowest BCUT2D eigenvalue weighted by Crippen LogP contribution is -2.48. The van der Waals surface area contributed by atoms with Gasteiger partial charge in [-0.25, -0.2) is 14.3 Å². The fraction of sp³-hybridized carbons (Fsp3) is 0.381. The van der Waals surface area contributed by atoms with Gasteiger partial charge in [0.2, 0.25) is 0 Å². The first-order valence-electron chi connectivity index (χ1n) is 9.94. The predicted molar refractivity (Wildman–Crippen MR) is 115 cm³/mol. The van der Waals surface area contributed by atoms with Crippen LogP contribution in [0, 0.1) is 0 Å². The highest BCUT2D eigenvalue weighted by Gasteiger charge is 2.20. The van der Waals surface area contributed by atoms with Gasteiger partial charge in [0.15, 0.2) is 11.6 Å². The van der Waals surface area contributed by atoms with Gasteiger partial charge in [-0.05, 0) is 50.2 Å². The first-order chi connectivity index (χ1) is 14.4. The van der Waals surface area contributed by atoms with Crippen LogP contribution < -0.4 is 15.5 Å². The molecule has 3 N–H and O–H groups in total. The highest BCUT2D eigenvalue weighted by atomic mass is 16.5. The van der Waals surface area contributed by atoms with Gasteiger partial charge in [0, 0.05) is 30.5 Å². The summed E-state index contributed by atoms with van der Waals surface area (Å²) in [5.41, 5.74) is 1.75. The molecule has 0 unspecified atom stereocenters. The summed E-state index contributed by atoms with van der Waals surface area (Å²) in [7, 11) is 0. The SMILES string of the molecule is CC(C)(CO)NC(=O)Nc1ccc(-c2nc(N3CCOCC3)c3cccn3n2)cc1. The lowest BCUT2D eigenvalue weighted by atomic mass is 10.1. The van der Waals surface area contributed by atoms with Crippen LogP contribution in [-0.4, -0.2) is 64.2 Å². The average Bonchev–Trinajstić information content (AvgIpc) is 3.22. The monoisotopic (exact) mass is 410 g/mol. The number of hydrogen-bond acceptors (Lipinski definition) is 6. The third-order valence-electron chi connectivity index (χ3n) is 4.93. The lowest BCUT2D eigenvalue weighted by Gasteiger charge is -2.28. The van der Waals surface area contributed by atoms with Crippen LogP contribution in [0.4, 0.5) is 16.3 Å². The number of aliphatic hydroxyl groups excluding tert-OH is 1. The average molecular weight is 410 g/mol. The number of benzene rings is 1. The summed E-state index contributed by atoms with van der Waals surface area (Å²) in [4.78, 5) is 19.1. The summed E-state index contributed by atoms with van der Waals surface area (Å²) in [6.07, 6.45) is 1.91. The molecule has 2 amide bonds. The molecule has 0 bridgehead atoms. The van der Waals surface area contributed by atoms with Crippen LogP contribution in [0.1, 0.15) is 13.8 Å². The third kappa shape index (κ3) is 4.37. The van der Waals surface area contributed by atoms with Gasteiger partial charge < -0.3 is 25.4 Å². The summed E-state index contributed by atoms with van der Waals surface area (Å²) in [5, 5.41) is 19.4. The van der Waals surface area contributed by atoms with E-state index in [4.69, 9.17) is 9.72 Å². The zero-order chi connectivity index (χ0) is 21.1. The second-order valence-corrected chi connectivity index (χ2v) is 7.89. The van der Waals surface area contributed by atoms with Crippen LogP contribution in [0.2, 0.25) is 0 Å². The molecule has 2 aromatic heterocycles. The number of urea groups is 1. The van der Waals surface area contributed by atoms with Crippen LogP contribution >= 0.6 is 0 Å². The van der Waals surface area contributed by atoms with E-state index in [0.717, 1.165) is 30.0 Å². The van der Waals surface area contributed by atoms with Crippen LogP contribution in [0.25, 0.3) is 16.9 Å². The van der Waals surface area contributed by atoms with Crippen molar-refractivity contribution in [1.82, 2.24) is 19.9 Å². The van der Waals surface area contributed by atoms with E-state index in [1.807, 2.05) is 35.0 Å². The number of anilines is 2. The molecule has 9 heteroatoms. The first kappa shape index (κ1) is 20.1. The topological polar surface area (TPSA) is 104 Å². The Morgan fingerprint density at radius 2 is 1.93 bits per heavy atom. The fourth-order valence-corrected chi connectivity index (χ4v) is 3.26. The van der Waals surface area contributed by atoms with E-state index in [0.29, 0.717) is 24.7 Å². The van der Waals surface area contributed by atoms with Gasteiger partial charge in [0.25, 0.3) is 0 Å². The Morgan fingerprint density at radius 3 is 2.63 bits per heavy atom. The molecule has 9 nitrogen and oxygen atoms in total. The van der Waals surface area contributed by atoms with Crippen molar-refractivity contribution in [3.05, 3.63) is 42.6 Å². The Kier molecular flexibility index (Phi) is 5.56. The molecule has 1 aliphatic rings. The molecule has 0 spiro atoms. The lowest BCUT2D eigenvalue weighted by molar-refractivity contribution is 0.122. The van der Waals surface area contributed by atoms with Crippen molar-refractivity contribution >= 4 is 23.1 Å². The Balaban J connectivity index is 1.56. The van der Waals surface area contributed by atoms with E-state index >= 15 is 0 Å². The molecule has 1 fully saturated rings. The minimum atomic E-state index is -0.695. The number of aliphatic hydroxyl groups is 1. The molecule has 0 saturated carbocycles. The van der Waals surface area contributed by atoms with Gasteiger partial charge in [-0.1, -0.05) is 0 Å². The van der Waals surface area contributed by atoms with Crippen molar-refractivity contribution in [3.8, 4) is 11.4 Å². The zero-order valence-electron chi connectivity index (χ0n) is 17.1. The summed E-state index contributed by atoms with van der Waals surface area (Å²) in [5.74, 6) is 1.50. The van der Waals surface area contributed by atoms with Crippen LogP contribution in [0.5, 0.6) is 0 Å². The molecule has 0 aliphatic carbocycles. The second-order valence-electron chi connectivity index (χ2n) is 7.89. The molecule has 0 atom stereocenters. The number of aromatic nitrogens is 3. The summed E-state index contributed by atoms with van der Waals surface area (Å²) >= 11 is 0. The minimum Gasteiger partial charge on any atom is -0.394 e. The van der Waals surface area contributed by atoms with Gasteiger partial charge in [-0.3, -0.25) is 0 Å². The Hall–Kier alpha value is -3.17. The Labute approximate surface area is 174 Å². The number of nitrogens with zero attached hydrogens (tertiary/aromatic N) is 4. The standard InChI is InChI=1S/C21H26N6O3/c1-21(2,14-28)24-20(29)22-16-7-5-15(6-8-16)18-23-19(26-10-12-30-13-11-26)17-4-3-9-27(17)25-18/h3-9,28H,10-14H2,1-2H3,(H2,22,24,29). The highest BCUT2D eigenvalue weighted by molar-refractivity contribution is 5.90. The summed E-state index contributed by atoms with van der Waals surface area (Å²) in [6, 6.07) is 10.9. The second kappa shape index (κ2) is 8.29. The van der Waals surface area contributed by atoms with E-state index < -0.39 is 5.54 Å². The number of amides is 2. The molecule has 3 aromatic rings. The Bertz CT molecular complexity index is 1020. The van der Waals surface area contributed by atoms with Gasteiger partial charge in [-0.15, -0.1) is 5.10 Å². The normalized spacial score (nSPS) is 14.7. The summed E-state index contributed by atoms with van der Waals surface area (Å²) < 4.78 is 7.30. The third-order valence-corrected chi connectivity index (χ3v) is 4.93. The largest absolute Gasteiger partial charge is 0.394 e. The van der Waals surface area contributed by atoms with Gasteiger partial charge in [-0.2, -0.15) is 0 Å². The molecule has 1 saturated heterocycles. The summed E-state index contributed by atoms with van der Waals surface area (Å²) in [6.45, 7) is 6.29. The first-order valence-corrected chi connectivity index (χ1v) is 9.94. The number of carbonyl (C=O) groups excluding carboxylic acids is 1. The van der Waals surface area contributed by atoms with Crippen molar-refractivity contribution in [3.63, 3.8) is 0 Å². The van der Waals surface area contributed by atoms with Crippen molar-refractivity contribution in [1.29, 1.82) is 0 Å². The molecule has 158 valence electrons. The Morgan fingerprint density at radius 1 is 1.20 bits per heavy atom. The molecule has 30 heavy (non-hydrogen) atoms. The number of morpholine rings is 1.